The van der Waals surface area contributed by atoms with Crippen molar-refractivity contribution in [3.05, 3.63) is 48.2 Å². The van der Waals surface area contributed by atoms with Crippen LogP contribution in [0.4, 0.5) is 11.4 Å². The molecule has 2 aliphatic heterocycles. The van der Waals surface area contributed by atoms with Gasteiger partial charge in [-0.15, -0.1) is 0 Å². The number of ether oxygens (including phenoxy) is 3. The van der Waals surface area contributed by atoms with E-state index in [-0.39, 0.29) is 12.7 Å². The first-order valence-corrected chi connectivity index (χ1v) is 15.0. The number of rotatable bonds is 13. The van der Waals surface area contributed by atoms with Crippen LogP contribution < -0.4 is 29.4 Å². The van der Waals surface area contributed by atoms with E-state index in [9.17, 15) is 9.90 Å². The molecule has 10 nitrogen and oxygen atoms in total. The van der Waals surface area contributed by atoms with Crippen molar-refractivity contribution in [1.82, 2.24) is 15.3 Å². The van der Waals surface area contributed by atoms with Crippen molar-refractivity contribution in [2.45, 2.75) is 45.8 Å². The second-order valence-corrected chi connectivity index (χ2v) is 11.2. The molecule has 1 amide bonds. The van der Waals surface area contributed by atoms with Crippen LogP contribution in [0.25, 0.3) is 10.9 Å². The first-order chi connectivity index (χ1) is 20.5. The first kappa shape index (κ1) is 29.9. The van der Waals surface area contributed by atoms with Crippen molar-refractivity contribution in [1.29, 1.82) is 0 Å². The number of aromatic nitrogens is 1. The zero-order valence-electron chi connectivity index (χ0n) is 24.9. The quantitative estimate of drug-likeness (QED) is 0.231. The summed E-state index contributed by atoms with van der Waals surface area (Å²) >= 11 is 0. The monoisotopic (exact) mass is 577 g/mol. The van der Waals surface area contributed by atoms with Crippen molar-refractivity contribution in [2.75, 3.05) is 62.9 Å². The van der Waals surface area contributed by atoms with Gasteiger partial charge >= 0.3 is 0 Å². The van der Waals surface area contributed by atoms with Crippen LogP contribution in [-0.4, -0.2) is 80.6 Å². The number of carbonyl (C=O) groups excluding carboxylic acids is 1. The number of nitrogens with zero attached hydrogens (tertiary/aromatic N) is 4. The Labute approximate surface area is 248 Å². The largest absolute Gasteiger partial charge is 0.493 e. The lowest BCUT2D eigenvalue weighted by molar-refractivity contribution is -0.110. The Morgan fingerprint density at radius 1 is 1.14 bits per heavy atom. The average molecular weight is 578 g/mol. The summed E-state index contributed by atoms with van der Waals surface area (Å²) in [6.07, 6.45) is 6.06. The maximum absolute atomic E-state index is 12.1. The number of amides is 1. The molecule has 0 aliphatic carbocycles. The summed E-state index contributed by atoms with van der Waals surface area (Å²) in [6, 6.07) is 11.5. The third-order valence-corrected chi connectivity index (χ3v) is 8.00. The fourth-order valence-corrected chi connectivity index (χ4v) is 5.88. The van der Waals surface area contributed by atoms with E-state index >= 15 is 0 Å². The van der Waals surface area contributed by atoms with Gasteiger partial charge < -0.3 is 29.5 Å². The zero-order chi connectivity index (χ0) is 29.5. The normalized spacial score (nSPS) is 17.5. The molecule has 5 rings (SSSR count). The molecule has 1 unspecified atom stereocenters. The number of hydrogen-bond acceptors (Lipinski definition) is 9. The second-order valence-electron chi connectivity index (χ2n) is 11.2. The maximum Gasteiger partial charge on any atom is 0.228 e. The van der Waals surface area contributed by atoms with E-state index in [2.05, 4.69) is 15.2 Å². The van der Waals surface area contributed by atoms with Crippen molar-refractivity contribution < 1.29 is 24.1 Å². The predicted molar refractivity (Wildman–Crippen MR) is 164 cm³/mol. The van der Waals surface area contributed by atoms with Crippen molar-refractivity contribution in [3.8, 4) is 17.2 Å². The Balaban J connectivity index is 1.30. The number of piperazine rings is 1. The average Bonchev–Trinajstić information content (AvgIpc) is 3.53. The van der Waals surface area contributed by atoms with Crippen LogP contribution in [0.2, 0.25) is 0 Å². The number of benzene rings is 2. The summed E-state index contributed by atoms with van der Waals surface area (Å²) in [5, 5.41) is 18.2. The molecular weight excluding hydrogens is 534 g/mol. The van der Waals surface area contributed by atoms with E-state index in [1.165, 1.54) is 6.42 Å². The highest BCUT2D eigenvalue weighted by molar-refractivity contribution is 5.95. The van der Waals surface area contributed by atoms with E-state index in [0.29, 0.717) is 44.3 Å². The third kappa shape index (κ3) is 6.88. The Morgan fingerprint density at radius 2 is 1.93 bits per heavy atom. The highest BCUT2D eigenvalue weighted by Gasteiger charge is 2.26. The summed E-state index contributed by atoms with van der Waals surface area (Å²) in [7, 11) is 1.65. The Hall–Kier alpha value is -3.60. The molecule has 1 aromatic heterocycles. The highest BCUT2D eigenvalue weighted by atomic mass is 16.5. The van der Waals surface area contributed by atoms with Gasteiger partial charge in [0.25, 0.3) is 0 Å². The Morgan fingerprint density at radius 3 is 2.57 bits per heavy atom. The number of hydrogen-bond donors (Lipinski definition) is 2. The molecule has 0 radical (unpaired) electrons. The minimum atomic E-state index is -0.125. The summed E-state index contributed by atoms with van der Waals surface area (Å²) in [6.45, 7) is 9.28. The molecule has 2 fully saturated rings. The van der Waals surface area contributed by atoms with Crippen LogP contribution in [0.15, 0.2) is 42.6 Å². The SMILES string of the molecule is COc1cc2c(N3CCN(N(C=O)c4ccc(OC(C)C)cc4)CC3)c(CO)cnc2cc1OCCCC1CCNC1. The lowest BCUT2D eigenvalue weighted by Gasteiger charge is -2.41. The zero-order valence-corrected chi connectivity index (χ0v) is 24.9. The van der Waals surface area contributed by atoms with Crippen LogP contribution in [-0.2, 0) is 11.4 Å². The van der Waals surface area contributed by atoms with Gasteiger partial charge in [0, 0.05) is 49.4 Å². The van der Waals surface area contributed by atoms with Crippen LogP contribution in [0, 0.1) is 5.92 Å². The summed E-state index contributed by atoms with van der Waals surface area (Å²) in [5.74, 6) is 2.84. The van der Waals surface area contributed by atoms with E-state index in [1.807, 2.05) is 55.3 Å². The lowest BCUT2D eigenvalue weighted by Crippen LogP contribution is -2.54. The summed E-state index contributed by atoms with van der Waals surface area (Å²) in [5.41, 5.74) is 3.27. The van der Waals surface area contributed by atoms with Gasteiger partial charge in [-0.05, 0) is 82.4 Å². The van der Waals surface area contributed by atoms with Gasteiger partial charge in [-0.2, -0.15) is 0 Å². The summed E-state index contributed by atoms with van der Waals surface area (Å²) in [4.78, 5) is 19.0. The van der Waals surface area contributed by atoms with Gasteiger partial charge in [-0.25, -0.2) is 10.0 Å². The summed E-state index contributed by atoms with van der Waals surface area (Å²) < 4.78 is 17.6. The molecule has 226 valence electrons. The van der Waals surface area contributed by atoms with Crippen LogP contribution in [0.3, 0.4) is 0 Å². The van der Waals surface area contributed by atoms with Gasteiger partial charge in [0.05, 0.1) is 43.3 Å². The third-order valence-electron chi connectivity index (χ3n) is 8.00. The molecule has 1 atom stereocenters. The molecule has 2 aromatic carbocycles. The Bertz CT molecular complexity index is 1320. The minimum absolute atomic E-state index is 0.0856. The van der Waals surface area contributed by atoms with Crippen LogP contribution in [0.1, 0.15) is 38.7 Å². The molecule has 3 aromatic rings. The van der Waals surface area contributed by atoms with Gasteiger partial charge in [-0.3, -0.25) is 9.78 Å². The number of nitrogens with one attached hydrogen (secondary N) is 1. The van der Waals surface area contributed by atoms with Crippen molar-refractivity contribution in [2.24, 2.45) is 5.92 Å². The molecule has 0 bridgehead atoms. The minimum Gasteiger partial charge on any atom is -0.493 e. The van der Waals surface area contributed by atoms with Crippen molar-refractivity contribution >= 4 is 28.7 Å². The predicted octanol–water partition coefficient (Wildman–Crippen LogP) is 3.99. The van der Waals surface area contributed by atoms with Crippen LogP contribution >= 0.6 is 0 Å². The fraction of sp³-hybridized carbons (Fsp3) is 0.500. The number of pyridine rings is 1. The molecule has 2 aliphatic rings. The standard InChI is InChI=1S/C32H43N5O5/c1-23(2)42-27-8-6-26(7-9-27)37(22-39)36-14-12-35(13-15-36)32-25(21-38)20-34-29-18-31(30(40-3)17-28(29)32)41-16-4-5-24-10-11-33-19-24/h6-9,17-18,20,22-24,33,38H,4-5,10-16,19,21H2,1-3H3. The number of carbonyl (C=O) groups is 1. The van der Waals surface area contributed by atoms with E-state index in [4.69, 9.17) is 14.2 Å². The highest BCUT2D eigenvalue weighted by Crippen LogP contribution is 2.38. The number of fused-ring (bicyclic) bond motifs is 1. The molecule has 3 heterocycles. The molecule has 10 heteroatoms. The first-order valence-electron chi connectivity index (χ1n) is 15.0. The van der Waals surface area contributed by atoms with Crippen LogP contribution in [0.5, 0.6) is 17.2 Å². The Kier molecular flexibility index (Phi) is 9.99. The number of aliphatic hydroxyl groups is 1. The van der Waals surface area contributed by atoms with Gasteiger partial charge in [0.2, 0.25) is 6.41 Å². The maximum atomic E-state index is 12.1. The van der Waals surface area contributed by atoms with Gasteiger partial charge in [0.15, 0.2) is 11.5 Å². The topological polar surface area (TPSA) is 99.6 Å². The number of anilines is 2. The molecule has 2 saturated heterocycles. The number of methoxy groups -OCH3 is 1. The molecule has 2 N–H and O–H groups in total. The van der Waals surface area contributed by atoms with Crippen molar-refractivity contribution in [3.63, 3.8) is 0 Å². The molecule has 0 spiro atoms. The molecule has 0 saturated carbocycles. The molecular formula is C32H43N5O5. The van der Waals surface area contributed by atoms with Gasteiger partial charge in [-0.1, -0.05) is 0 Å². The van der Waals surface area contributed by atoms with E-state index in [1.54, 1.807) is 18.3 Å². The van der Waals surface area contributed by atoms with E-state index < -0.39 is 0 Å². The molecule has 42 heavy (non-hydrogen) atoms. The second kappa shape index (κ2) is 14.0. The fourth-order valence-electron chi connectivity index (χ4n) is 5.88. The smallest absolute Gasteiger partial charge is 0.228 e. The number of aliphatic hydroxyl groups excluding tert-OH is 1. The lowest BCUT2D eigenvalue weighted by atomic mass is 10.0. The van der Waals surface area contributed by atoms with E-state index in [0.717, 1.165) is 71.8 Å². The van der Waals surface area contributed by atoms with Gasteiger partial charge in [0.1, 0.15) is 5.75 Å². The number of hydrazine groups is 1.